The zero-order chi connectivity index (χ0) is 8.06. The Labute approximate surface area is 70.5 Å². The number of carboxylic acids is 1. The van der Waals surface area contributed by atoms with Crippen LogP contribution < -0.4 is 0 Å². The van der Waals surface area contributed by atoms with Crippen molar-refractivity contribution in [3.8, 4) is 0 Å². The third-order valence-corrected chi connectivity index (χ3v) is 3.79. The third-order valence-electron chi connectivity index (χ3n) is 3.06. The molecule has 2 fully saturated rings. The second-order valence-corrected chi connectivity index (χ2v) is 4.20. The van der Waals surface area contributed by atoms with Gasteiger partial charge in [-0.25, -0.2) is 0 Å². The van der Waals surface area contributed by atoms with Gasteiger partial charge in [0.1, 0.15) is 4.87 Å². The van der Waals surface area contributed by atoms with E-state index in [4.69, 9.17) is 16.7 Å². The molecular formula is C8H11ClO2. The second-order valence-electron chi connectivity index (χ2n) is 3.57. The van der Waals surface area contributed by atoms with Gasteiger partial charge < -0.3 is 5.11 Å². The monoisotopic (exact) mass is 174 g/mol. The van der Waals surface area contributed by atoms with Crippen molar-refractivity contribution < 1.29 is 9.90 Å². The maximum absolute atomic E-state index is 10.7. The molecular weight excluding hydrogens is 164 g/mol. The molecule has 0 aromatic heterocycles. The molecule has 2 rings (SSSR count). The molecule has 0 bridgehead atoms. The predicted octanol–water partition coefficient (Wildman–Crippen LogP) is 1.87. The highest BCUT2D eigenvalue weighted by Gasteiger charge is 2.68. The van der Waals surface area contributed by atoms with Crippen LogP contribution in [0.3, 0.4) is 0 Å². The SMILES string of the molecule is O=C(O)C1(Cl)[C@@H]2CCCC[C@H]21. The summed E-state index contributed by atoms with van der Waals surface area (Å²) in [4.78, 5) is 9.85. The highest BCUT2D eigenvalue weighted by molar-refractivity contribution is 6.36. The van der Waals surface area contributed by atoms with Crippen molar-refractivity contribution in [3.05, 3.63) is 0 Å². The van der Waals surface area contributed by atoms with E-state index < -0.39 is 10.8 Å². The first kappa shape index (κ1) is 7.41. The van der Waals surface area contributed by atoms with E-state index in [-0.39, 0.29) is 11.8 Å². The van der Waals surface area contributed by atoms with Crippen LogP contribution in [0.15, 0.2) is 0 Å². The van der Waals surface area contributed by atoms with Gasteiger partial charge in [-0.15, -0.1) is 11.6 Å². The fourth-order valence-corrected chi connectivity index (χ4v) is 2.83. The summed E-state index contributed by atoms with van der Waals surface area (Å²) in [6.45, 7) is 0. The lowest BCUT2D eigenvalue weighted by atomic mass is 10.0. The molecule has 3 heteroatoms. The van der Waals surface area contributed by atoms with Gasteiger partial charge in [0, 0.05) is 0 Å². The van der Waals surface area contributed by atoms with Crippen molar-refractivity contribution in [2.45, 2.75) is 30.6 Å². The van der Waals surface area contributed by atoms with Crippen molar-refractivity contribution in [1.29, 1.82) is 0 Å². The van der Waals surface area contributed by atoms with Crippen LogP contribution in [0.1, 0.15) is 25.7 Å². The van der Waals surface area contributed by atoms with Gasteiger partial charge in [0.25, 0.3) is 0 Å². The number of carboxylic acid groups (broad SMARTS) is 1. The van der Waals surface area contributed by atoms with E-state index in [1.165, 1.54) is 0 Å². The number of rotatable bonds is 1. The topological polar surface area (TPSA) is 37.3 Å². The van der Waals surface area contributed by atoms with Crippen molar-refractivity contribution in [2.24, 2.45) is 11.8 Å². The lowest BCUT2D eigenvalue weighted by molar-refractivity contribution is -0.138. The van der Waals surface area contributed by atoms with Gasteiger partial charge in [-0.2, -0.15) is 0 Å². The van der Waals surface area contributed by atoms with Crippen molar-refractivity contribution in [3.63, 3.8) is 0 Å². The summed E-state index contributed by atoms with van der Waals surface area (Å²) in [5.74, 6) is -0.262. The zero-order valence-electron chi connectivity index (χ0n) is 6.22. The van der Waals surface area contributed by atoms with Crippen LogP contribution >= 0.6 is 11.6 Å². The van der Waals surface area contributed by atoms with Gasteiger partial charge in [0.2, 0.25) is 0 Å². The molecule has 0 aromatic rings. The Morgan fingerprint density at radius 3 is 2.18 bits per heavy atom. The standard InChI is InChI=1S/C8H11ClO2/c9-8(7(10)11)5-3-1-2-4-6(5)8/h5-6H,1-4H2,(H,10,11)/t5-,6-/m1/s1. The van der Waals surface area contributed by atoms with Crippen molar-refractivity contribution in [1.82, 2.24) is 0 Å². The lowest BCUT2D eigenvalue weighted by Crippen LogP contribution is -2.18. The molecule has 0 spiro atoms. The number of carbonyl (C=O) groups is 1. The fourth-order valence-electron chi connectivity index (χ4n) is 2.37. The second kappa shape index (κ2) is 2.13. The smallest absolute Gasteiger partial charge is 0.325 e. The summed E-state index contributed by atoms with van der Waals surface area (Å²) < 4.78 is 0. The van der Waals surface area contributed by atoms with Crippen LogP contribution in [-0.2, 0) is 4.79 Å². The third kappa shape index (κ3) is 0.821. The molecule has 2 aliphatic rings. The molecule has 2 saturated carbocycles. The van der Waals surface area contributed by atoms with Crippen molar-refractivity contribution >= 4 is 17.6 Å². The summed E-state index contributed by atoms with van der Waals surface area (Å²) >= 11 is 5.95. The van der Waals surface area contributed by atoms with E-state index in [9.17, 15) is 4.79 Å². The van der Waals surface area contributed by atoms with Crippen LogP contribution in [-0.4, -0.2) is 16.0 Å². The van der Waals surface area contributed by atoms with E-state index in [0.29, 0.717) is 0 Å². The van der Waals surface area contributed by atoms with E-state index in [2.05, 4.69) is 0 Å². The molecule has 2 nitrogen and oxygen atoms in total. The van der Waals surface area contributed by atoms with E-state index in [1.54, 1.807) is 0 Å². The summed E-state index contributed by atoms with van der Waals surface area (Å²) in [5, 5.41) is 8.81. The Morgan fingerprint density at radius 2 is 1.82 bits per heavy atom. The first-order valence-corrected chi connectivity index (χ1v) is 4.47. The highest BCUT2D eigenvalue weighted by atomic mass is 35.5. The summed E-state index contributed by atoms with van der Waals surface area (Å²) in [5.41, 5.74) is 0. The average molecular weight is 175 g/mol. The minimum absolute atomic E-state index is 0.274. The number of hydrogen-bond acceptors (Lipinski definition) is 1. The van der Waals surface area contributed by atoms with Crippen LogP contribution in [0.5, 0.6) is 0 Å². The number of fused-ring (bicyclic) bond motifs is 1. The molecule has 1 N–H and O–H groups in total. The molecule has 0 aliphatic heterocycles. The van der Waals surface area contributed by atoms with Crippen molar-refractivity contribution in [2.75, 3.05) is 0 Å². The van der Waals surface area contributed by atoms with Gasteiger partial charge in [-0.05, 0) is 24.7 Å². The molecule has 2 aliphatic carbocycles. The van der Waals surface area contributed by atoms with E-state index in [1.807, 2.05) is 0 Å². The van der Waals surface area contributed by atoms with Crippen LogP contribution in [0, 0.1) is 11.8 Å². The highest BCUT2D eigenvalue weighted by Crippen LogP contribution is 2.62. The number of alkyl halides is 1. The average Bonchev–Trinajstić information content (AvgIpc) is 2.61. The fraction of sp³-hybridized carbons (Fsp3) is 0.875. The van der Waals surface area contributed by atoms with Gasteiger partial charge in [0.15, 0.2) is 0 Å². The van der Waals surface area contributed by atoms with Gasteiger partial charge in [0.05, 0.1) is 0 Å². The molecule has 2 atom stereocenters. The predicted molar refractivity (Wildman–Crippen MR) is 41.7 cm³/mol. The molecule has 0 unspecified atom stereocenters. The number of hydrogen-bond donors (Lipinski definition) is 1. The van der Waals surface area contributed by atoms with E-state index in [0.717, 1.165) is 25.7 Å². The van der Waals surface area contributed by atoms with Crippen LogP contribution in [0.4, 0.5) is 0 Å². The van der Waals surface area contributed by atoms with Gasteiger partial charge in [-0.1, -0.05) is 12.8 Å². The Morgan fingerprint density at radius 1 is 1.36 bits per heavy atom. The van der Waals surface area contributed by atoms with Gasteiger partial charge in [-0.3, -0.25) is 4.79 Å². The molecule has 0 amide bonds. The minimum atomic E-state index is -0.865. The maximum Gasteiger partial charge on any atom is 0.325 e. The lowest BCUT2D eigenvalue weighted by Gasteiger charge is -2.03. The van der Waals surface area contributed by atoms with Gasteiger partial charge >= 0.3 is 5.97 Å². The zero-order valence-corrected chi connectivity index (χ0v) is 6.97. The maximum atomic E-state index is 10.7. The molecule has 0 aromatic carbocycles. The summed E-state index contributed by atoms with van der Waals surface area (Å²) in [7, 11) is 0. The molecule has 0 heterocycles. The normalized spacial score (nSPS) is 48.1. The van der Waals surface area contributed by atoms with Crippen LogP contribution in [0.2, 0.25) is 0 Å². The van der Waals surface area contributed by atoms with Crippen LogP contribution in [0.25, 0.3) is 0 Å². The van der Waals surface area contributed by atoms with E-state index >= 15 is 0 Å². The molecule has 0 radical (unpaired) electrons. The first-order chi connectivity index (χ1) is 5.17. The molecule has 11 heavy (non-hydrogen) atoms. The Kier molecular flexibility index (Phi) is 1.43. The Balaban J connectivity index is 2.14. The Hall–Kier alpha value is -0.240. The minimum Gasteiger partial charge on any atom is -0.480 e. The number of aliphatic carboxylic acids is 1. The molecule has 0 saturated heterocycles. The number of halogens is 1. The largest absolute Gasteiger partial charge is 0.480 e. The summed E-state index contributed by atoms with van der Waals surface area (Å²) in [6, 6.07) is 0. The Bertz CT molecular complexity index is 190. The quantitative estimate of drug-likeness (QED) is 0.617. The first-order valence-electron chi connectivity index (χ1n) is 4.09. The molecule has 62 valence electrons. The summed E-state index contributed by atoms with van der Waals surface area (Å²) in [6.07, 6.45) is 4.34.